The van der Waals surface area contributed by atoms with Crippen LogP contribution in [0.15, 0.2) is 39.9 Å². The second-order valence-corrected chi connectivity index (χ2v) is 14.5. The van der Waals surface area contributed by atoms with Crippen LogP contribution in [0.2, 0.25) is 0 Å². The van der Waals surface area contributed by atoms with Crippen molar-refractivity contribution >= 4 is 27.2 Å². The lowest BCUT2D eigenvalue weighted by atomic mass is 9.84. The summed E-state index contributed by atoms with van der Waals surface area (Å²) in [6.07, 6.45) is 2.92. The molecule has 0 radical (unpaired) electrons. The van der Waals surface area contributed by atoms with E-state index in [-0.39, 0.29) is 35.8 Å². The third-order valence-electron chi connectivity index (χ3n) is 7.28. The molecule has 0 N–H and O–H groups in total. The molecular weight excluding hydrogens is 523 g/mol. The Morgan fingerprint density at radius 1 is 1.13 bits per heavy atom. The Morgan fingerprint density at radius 3 is 2.46 bits per heavy atom. The number of ketones is 1. The summed E-state index contributed by atoms with van der Waals surface area (Å²) >= 11 is 0. The van der Waals surface area contributed by atoms with E-state index in [1.165, 1.54) is 31.6 Å². The van der Waals surface area contributed by atoms with Gasteiger partial charge in [0.05, 0.1) is 45.7 Å². The summed E-state index contributed by atoms with van der Waals surface area (Å²) in [5.74, 6) is -1.05. The second kappa shape index (κ2) is 10.1. The number of hydrogen-bond donors (Lipinski definition) is 0. The smallest absolute Gasteiger partial charge is 0.312 e. The van der Waals surface area contributed by atoms with Gasteiger partial charge in [0.2, 0.25) is 5.88 Å². The number of Topliss-reactive ketones (excluding diaryl/α,β-unsaturated/α-hetero) is 1. The Bertz CT molecular complexity index is 1460. The molecule has 0 amide bonds. The average Bonchev–Trinajstić information content (AvgIpc) is 3.27. The fourth-order valence-electron chi connectivity index (χ4n) is 5.23. The predicted octanol–water partition coefficient (Wildman–Crippen LogP) is 4.47. The zero-order valence-electron chi connectivity index (χ0n) is 23.4. The number of fused-ring (bicyclic) bond motifs is 1. The quantitative estimate of drug-likeness (QED) is 0.363. The fourth-order valence-corrected chi connectivity index (χ4v) is 8.51. The highest BCUT2D eigenvalue weighted by Crippen LogP contribution is 2.49. The highest BCUT2D eigenvalue weighted by molar-refractivity contribution is 7.96. The van der Waals surface area contributed by atoms with Gasteiger partial charge in [-0.15, -0.1) is 0 Å². The molecule has 9 nitrogen and oxygen atoms in total. The first kappa shape index (κ1) is 28.8. The number of nitrogens with zero attached hydrogens (tertiary/aromatic N) is 4. The van der Waals surface area contributed by atoms with E-state index < -0.39 is 42.7 Å². The molecule has 2 aromatic rings. The monoisotopic (exact) mass is 558 g/mol. The fraction of sp³-hybridized carbons (Fsp3) is 0.536. The lowest BCUT2D eigenvalue weighted by molar-refractivity contribution is -0.153. The SMILES string of the molecule is COc1cnc(C(=O)Cc2ccc(F)c([C@@]3(C)N=C(CC(=O)OC(C)(C)C)C(C)(C)[S@@]4(=O)=NCC[C@@H]34)c2)cn1. The third kappa shape index (κ3) is 5.33. The van der Waals surface area contributed by atoms with E-state index >= 15 is 4.39 Å². The molecule has 0 saturated carbocycles. The molecule has 2 aliphatic heterocycles. The minimum absolute atomic E-state index is 0.0469. The molecule has 1 aromatic carbocycles. The highest BCUT2D eigenvalue weighted by atomic mass is 32.2. The van der Waals surface area contributed by atoms with Gasteiger partial charge < -0.3 is 9.47 Å². The van der Waals surface area contributed by atoms with Crippen molar-refractivity contribution in [3.8, 4) is 5.88 Å². The van der Waals surface area contributed by atoms with Crippen molar-refractivity contribution in [2.75, 3.05) is 13.7 Å². The third-order valence-corrected chi connectivity index (χ3v) is 11.0. The van der Waals surface area contributed by atoms with Crippen LogP contribution in [0.1, 0.15) is 76.0 Å². The van der Waals surface area contributed by atoms with Gasteiger partial charge in [-0.25, -0.2) is 22.9 Å². The van der Waals surface area contributed by atoms with Crippen molar-refractivity contribution < 1.29 is 27.7 Å². The maximum atomic E-state index is 15.5. The standard InChI is InChI=1S/C28H35FN4O5S/c1-26(2,3)38-25(35)14-22-27(4,5)39(36)23(10-11-32-39)28(6,33-22)18-12-17(8-9-19(18)29)13-21(34)20-15-31-24(37-7)16-30-20/h8-9,12,15-16,23H,10-11,13-14H2,1-7H3/t23-,28+,39+/m0/s1. The number of aromatic nitrogens is 2. The summed E-state index contributed by atoms with van der Waals surface area (Å²) in [7, 11) is -1.49. The molecule has 0 fully saturated rings. The zero-order valence-corrected chi connectivity index (χ0v) is 24.2. The first-order chi connectivity index (χ1) is 18.1. The normalized spacial score (nSPS) is 25.7. The number of carbonyl (C=O) groups is 2. The van der Waals surface area contributed by atoms with Gasteiger partial charge in [-0.3, -0.25) is 14.6 Å². The van der Waals surface area contributed by atoms with Gasteiger partial charge in [0.25, 0.3) is 0 Å². The van der Waals surface area contributed by atoms with Crippen LogP contribution in [-0.2, 0) is 31.2 Å². The number of benzene rings is 1. The minimum atomic E-state index is -2.95. The molecule has 1 aromatic heterocycles. The average molecular weight is 559 g/mol. The van der Waals surface area contributed by atoms with Crippen LogP contribution < -0.4 is 4.74 Å². The molecule has 0 saturated heterocycles. The van der Waals surface area contributed by atoms with E-state index in [9.17, 15) is 13.8 Å². The van der Waals surface area contributed by atoms with Gasteiger partial charge in [0.1, 0.15) is 22.7 Å². The Kier molecular flexibility index (Phi) is 7.44. The van der Waals surface area contributed by atoms with Gasteiger partial charge in [0.15, 0.2) is 5.78 Å². The summed E-state index contributed by atoms with van der Waals surface area (Å²) in [5.41, 5.74) is -0.704. The van der Waals surface area contributed by atoms with Crippen molar-refractivity contribution in [3.63, 3.8) is 0 Å². The van der Waals surface area contributed by atoms with Crippen LogP contribution in [-0.4, -0.2) is 60.9 Å². The number of methoxy groups -OCH3 is 1. The molecule has 3 atom stereocenters. The van der Waals surface area contributed by atoms with Crippen molar-refractivity contribution in [1.29, 1.82) is 0 Å². The molecule has 0 bridgehead atoms. The molecular formula is C28H35FN4O5S. The maximum Gasteiger partial charge on any atom is 0.312 e. The summed E-state index contributed by atoms with van der Waals surface area (Å²) in [6.45, 7) is 11.0. The number of esters is 1. The van der Waals surface area contributed by atoms with Crippen molar-refractivity contribution in [2.24, 2.45) is 9.36 Å². The summed E-state index contributed by atoms with van der Waals surface area (Å²) in [4.78, 5) is 38.8. The van der Waals surface area contributed by atoms with Crippen LogP contribution in [0, 0.1) is 5.82 Å². The van der Waals surface area contributed by atoms with Crippen LogP contribution in [0.5, 0.6) is 5.88 Å². The van der Waals surface area contributed by atoms with Crippen molar-refractivity contribution in [3.05, 3.63) is 53.2 Å². The molecule has 0 unspecified atom stereocenters. The number of carbonyl (C=O) groups excluding carboxylic acids is 2. The van der Waals surface area contributed by atoms with Crippen molar-refractivity contribution in [2.45, 2.75) is 81.9 Å². The Morgan fingerprint density at radius 2 is 1.85 bits per heavy atom. The Labute approximate surface area is 228 Å². The Balaban J connectivity index is 1.76. The molecule has 2 aliphatic rings. The number of hydrogen-bond acceptors (Lipinski definition) is 9. The van der Waals surface area contributed by atoms with E-state index in [0.717, 1.165) is 0 Å². The van der Waals surface area contributed by atoms with Crippen LogP contribution in [0.25, 0.3) is 0 Å². The first-order valence-electron chi connectivity index (χ1n) is 12.8. The lowest BCUT2D eigenvalue weighted by Crippen LogP contribution is -2.56. The van der Waals surface area contributed by atoms with Crippen LogP contribution in [0.4, 0.5) is 4.39 Å². The van der Waals surface area contributed by atoms with E-state index in [4.69, 9.17) is 14.5 Å². The largest absolute Gasteiger partial charge is 0.480 e. The van der Waals surface area contributed by atoms with E-state index in [2.05, 4.69) is 14.3 Å². The van der Waals surface area contributed by atoms with Gasteiger partial charge >= 0.3 is 5.97 Å². The molecule has 4 rings (SSSR count). The molecule has 11 heteroatoms. The Hall–Kier alpha value is -3.21. The van der Waals surface area contributed by atoms with Crippen LogP contribution >= 0.6 is 0 Å². The van der Waals surface area contributed by atoms with E-state index in [0.29, 0.717) is 24.2 Å². The number of ether oxygens (including phenoxy) is 2. The highest BCUT2D eigenvalue weighted by Gasteiger charge is 2.57. The molecule has 0 spiro atoms. The van der Waals surface area contributed by atoms with E-state index in [1.54, 1.807) is 47.6 Å². The van der Waals surface area contributed by atoms with Gasteiger partial charge in [-0.1, -0.05) is 6.07 Å². The molecule has 3 heterocycles. The minimum Gasteiger partial charge on any atom is -0.480 e. The van der Waals surface area contributed by atoms with Crippen molar-refractivity contribution in [1.82, 2.24) is 9.97 Å². The van der Waals surface area contributed by atoms with Gasteiger partial charge in [-0.05, 0) is 65.7 Å². The zero-order chi connectivity index (χ0) is 28.8. The summed E-state index contributed by atoms with van der Waals surface area (Å²) in [5, 5.41) is -0.574. The molecule has 39 heavy (non-hydrogen) atoms. The molecule has 0 aliphatic carbocycles. The second-order valence-electron chi connectivity index (χ2n) is 11.5. The number of aliphatic imine (C=N–C) groups is 1. The van der Waals surface area contributed by atoms with Crippen LogP contribution in [0.3, 0.4) is 0 Å². The van der Waals surface area contributed by atoms with Gasteiger partial charge in [0, 0.05) is 24.2 Å². The summed E-state index contributed by atoms with van der Waals surface area (Å²) in [6, 6.07) is 4.42. The van der Waals surface area contributed by atoms with E-state index in [1.807, 2.05) is 0 Å². The lowest BCUT2D eigenvalue weighted by Gasteiger charge is -2.46. The number of rotatable bonds is 7. The van der Waals surface area contributed by atoms with Gasteiger partial charge in [-0.2, -0.15) is 0 Å². The summed E-state index contributed by atoms with van der Waals surface area (Å²) < 4.78 is 44.1. The topological polar surface area (TPSA) is 120 Å². The predicted molar refractivity (Wildman–Crippen MR) is 146 cm³/mol. The maximum absolute atomic E-state index is 15.5. The molecule has 210 valence electrons. The first-order valence-corrected chi connectivity index (χ1v) is 14.4. The number of halogens is 1.